The third kappa shape index (κ3) is 2.76. The summed E-state index contributed by atoms with van der Waals surface area (Å²) >= 11 is 0. The van der Waals surface area contributed by atoms with E-state index in [2.05, 4.69) is 4.99 Å². The molecular weight excluding hydrogens is 368 g/mol. The SMILES string of the molecule is N=CC=C(C=CN)C(=O)n1c(C2=Nc3ccccc3C2=O)c(O)c2ccccc21. The van der Waals surface area contributed by atoms with Crippen molar-refractivity contribution in [2.75, 3.05) is 0 Å². The molecule has 0 unspecified atom stereocenters. The van der Waals surface area contributed by atoms with Crippen LogP contribution in [0.3, 0.4) is 0 Å². The maximum atomic E-state index is 13.3. The van der Waals surface area contributed by atoms with Gasteiger partial charge in [0, 0.05) is 22.7 Å². The van der Waals surface area contributed by atoms with Gasteiger partial charge in [0.1, 0.15) is 11.4 Å². The lowest BCUT2D eigenvalue weighted by Gasteiger charge is -2.09. The van der Waals surface area contributed by atoms with Crippen molar-refractivity contribution in [3.8, 4) is 5.75 Å². The average Bonchev–Trinajstić information content (AvgIpc) is 3.22. The molecule has 1 aromatic heterocycles. The summed E-state index contributed by atoms with van der Waals surface area (Å²) in [6.45, 7) is 0. The number of carbonyl (C=O) groups excluding carboxylic acids is 2. The zero-order valence-corrected chi connectivity index (χ0v) is 15.2. The van der Waals surface area contributed by atoms with Gasteiger partial charge in [0.15, 0.2) is 5.75 Å². The quantitative estimate of drug-likeness (QED) is 0.363. The monoisotopic (exact) mass is 384 g/mol. The number of aromatic hydroxyl groups is 1. The van der Waals surface area contributed by atoms with Gasteiger partial charge in [-0.1, -0.05) is 24.3 Å². The molecule has 0 amide bonds. The Kier molecular flexibility index (Phi) is 4.40. The standard InChI is InChI=1S/C22H16N4O3/c23-11-9-13(10-12-24)22(29)26-17-8-4-2-6-15(17)21(28)19(26)18-20(27)14-5-1-3-7-16(14)25-18/h1-12,23,28H,24H2. The van der Waals surface area contributed by atoms with Crippen LogP contribution in [-0.2, 0) is 0 Å². The summed E-state index contributed by atoms with van der Waals surface area (Å²) in [6.07, 6.45) is 4.80. The minimum atomic E-state index is -0.548. The molecule has 1 aliphatic heterocycles. The Labute approximate surface area is 165 Å². The zero-order chi connectivity index (χ0) is 20.5. The number of aromatic nitrogens is 1. The number of rotatable bonds is 4. The molecule has 3 aromatic rings. The molecule has 0 saturated heterocycles. The van der Waals surface area contributed by atoms with Crippen LogP contribution in [0.5, 0.6) is 5.75 Å². The third-order valence-electron chi connectivity index (χ3n) is 4.66. The maximum absolute atomic E-state index is 13.3. The number of ketones is 1. The van der Waals surface area contributed by atoms with Gasteiger partial charge in [-0.15, -0.1) is 0 Å². The number of nitrogens with one attached hydrogen (secondary N) is 1. The fourth-order valence-electron chi connectivity index (χ4n) is 3.39. The highest BCUT2D eigenvalue weighted by Crippen LogP contribution is 2.37. The van der Waals surface area contributed by atoms with Crippen molar-refractivity contribution in [1.29, 1.82) is 5.41 Å². The van der Waals surface area contributed by atoms with Crippen molar-refractivity contribution < 1.29 is 14.7 Å². The van der Waals surface area contributed by atoms with E-state index in [0.717, 1.165) is 6.21 Å². The first-order valence-electron chi connectivity index (χ1n) is 8.77. The van der Waals surface area contributed by atoms with Gasteiger partial charge in [0.2, 0.25) is 5.78 Å². The summed E-state index contributed by atoms with van der Waals surface area (Å²) in [5.74, 6) is -1.13. The summed E-state index contributed by atoms with van der Waals surface area (Å²) < 4.78 is 1.24. The Morgan fingerprint density at radius 2 is 1.86 bits per heavy atom. The van der Waals surface area contributed by atoms with Gasteiger partial charge < -0.3 is 16.2 Å². The van der Waals surface area contributed by atoms with E-state index in [9.17, 15) is 14.7 Å². The van der Waals surface area contributed by atoms with Crippen molar-refractivity contribution in [3.63, 3.8) is 0 Å². The number of hydrogen-bond acceptors (Lipinski definition) is 6. The number of hydrogen-bond donors (Lipinski definition) is 3. The van der Waals surface area contributed by atoms with E-state index in [-0.39, 0.29) is 28.5 Å². The fraction of sp³-hybridized carbons (Fsp3) is 0. The number of aliphatic imine (C=N–C) groups is 1. The molecule has 0 saturated carbocycles. The van der Waals surface area contributed by atoms with Gasteiger partial charge in [0.05, 0.1) is 11.2 Å². The zero-order valence-electron chi connectivity index (χ0n) is 15.2. The summed E-state index contributed by atoms with van der Waals surface area (Å²) in [4.78, 5) is 30.7. The lowest BCUT2D eigenvalue weighted by Crippen LogP contribution is -2.22. The summed E-state index contributed by atoms with van der Waals surface area (Å²) in [5, 5.41) is 18.6. The van der Waals surface area contributed by atoms with E-state index in [4.69, 9.17) is 11.1 Å². The highest BCUT2D eigenvalue weighted by atomic mass is 16.3. The van der Waals surface area contributed by atoms with Crippen LogP contribution in [0.2, 0.25) is 0 Å². The van der Waals surface area contributed by atoms with Crippen molar-refractivity contribution in [1.82, 2.24) is 4.57 Å². The van der Waals surface area contributed by atoms with E-state index >= 15 is 0 Å². The molecule has 142 valence electrons. The first-order valence-corrected chi connectivity index (χ1v) is 8.77. The Bertz CT molecular complexity index is 1280. The maximum Gasteiger partial charge on any atom is 0.263 e. The molecule has 0 atom stereocenters. The number of carbonyl (C=O) groups is 2. The molecule has 4 rings (SSSR count). The summed E-state index contributed by atoms with van der Waals surface area (Å²) in [6, 6.07) is 13.6. The van der Waals surface area contributed by atoms with Crippen LogP contribution in [0.4, 0.5) is 5.69 Å². The minimum absolute atomic E-state index is 0.0127. The predicted octanol–water partition coefficient (Wildman–Crippen LogP) is 3.35. The highest BCUT2D eigenvalue weighted by Gasteiger charge is 2.33. The van der Waals surface area contributed by atoms with Crippen LogP contribution in [0.15, 0.2) is 77.4 Å². The lowest BCUT2D eigenvalue weighted by molar-refractivity contribution is 0.0963. The van der Waals surface area contributed by atoms with Crippen LogP contribution in [-0.4, -0.2) is 33.3 Å². The molecule has 0 bridgehead atoms. The molecule has 0 fully saturated rings. The number of fused-ring (bicyclic) bond motifs is 2. The smallest absolute Gasteiger partial charge is 0.263 e. The second kappa shape index (κ2) is 7.05. The number of Topliss-reactive ketones (excluding diaryl/α,β-unsaturated/α-hetero) is 1. The van der Waals surface area contributed by atoms with Crippen LogP contribution in [0, 0.1) is 5.41 Å². The molecule has 29 heavy (non-hydrogen) atoms. The largest absolute Gasteiger partial charge is 0.505 e. The van der Waals surface area contributed by atoms with Crippen LogP contribution >= 0.6 is 0 Å². The fourth-order valence-corrected chi connectivity index (χ4v) is 3.39. The normalized spacial score (nSPS) is 13.7. The number of allylic oxidation sites excluding steroid dienone is 3. The van der Waals surface area contributed by atoms with Gasteiger partial charge in [-0.2, -0.15) is 0 Å². The topological polar surface area (TPSA) is 122 Å². The van der Waals surface area contributed by atoms with E-state index in [1.807, 2.05) is 0 Å². The molecular formula is C22H16N4O3. The van der Waals surface area contributed by atoms with Crippen molar-refractivity contribution in [3.05, 3.63) is 83.7 Å². The van der Waals surface area contributed by atoms with E-state index in [0.29, 0.717) is 22.2 Å². The molecule has 0 aliphatic carbocycles. The number of nitrogens with zero attached hydrogens (tertiary/aromatic N) is 2. The van der Waals surface area contributed by atoms with Gasteiger partial charge in [0.25, 0.3) is 5.91 Å². The third-order valence-corrected chi connectivity index (χ3v) is 4.66. The first kappa shape index (κ1) is 18.1. The number of para-hydroxylation sites is 2. The van der Waals surface area contributed by atoms with Gasteiger partial charge in [-0.25, -0.2) is 4.99 Å². The highest BCUT2D eigenvalue weighted by molar-refractivity contribution is 6.55. The van der Waals surface area contributed by atoms with Gasteiger partial charge >= 0.3 is 0 Å². The average molecular weight is 384 g/mol. The summed E-state index contributed by atoms with van der Waals surface area (Å²) in [7, 11) is 0. The Hall–Kier alpha value is -4.26. The Morgan fingerprint density at radius 1 is 1.14 bits per heavy atom. The Morgan fingerprint density at radius 3 is 2.59 bits per heavy atom. The molecule has 0 spiro atoms. The Balaban J connectivity index is 2.02. The molecule has 2 heterocycles. The molecule has 7 heteroatoms. The molecule has 0 radical (unpaired) electrons. The van der Waals surface area contributed by atoms with Gasteiger partial charge in [-0.3, -0.25) is 14.2 Å². The first-order chi connectivity index (χ1) is 14.1. The number of benzene rings is 2. The molecule has 4 N–H and O–H groups in total. The van der Waals surface area contributed by atoms with Crippen LogP contribution < -0.4 is 5.73 Å². The van der Waals surface area contributed by atoms with Gasteiger partial charge in [-0.05, 0) is 42.6 Å². The molecule has 1 aliphatic rings. The van der Waals surface area contributed by atoms with E-state index < -0.39 is 5.91 Å². The van der Waals surface area contributed by atoms with Crippen molar-refractivity contribution in [2.24, 2.45) is 10.7 Å². The lowest BCUT2D eigenvalue weighted by atomic mass is 10.1. The molecule has 2 aromatic carbocycles. The minimum Gasteiger partial charge on any atom is -0.505 e. The second-order valence-corrected chi connectivity index (χ2v) is 6.31. The second-order valence-electron chi connectivity index (χ2n) is 6.31. The summed E-state index contributed by atoms with van der Waals surface area (Å²) in [5.41, 5.74) is 6.86. The number of nitrogens with two attached hydrogens (primary N) is 1. The van der Waals surface area contributed by atoms with Crippen LogP contribution in [0.25, 0.3) is 10.9 Å². The predicted molar refractivity (Wildman–Crippen MR) is 111 cm³/mol. The van der Waals surface area contributed by atoms with Crippen LogP contribution in [0.1, 0.15) is 20.8 Å². The molecule has 7 nitrogen and oxygen atoms in total. The van der Waals surface area contributed by atoms with Crippen molar-refractivity contribution >= 4 is 40.2 Å². The van der Waals surface area contributed by atoms with Crippen molar-refractivity contribution in [2.45, 2.75) is 0 Å². The van der Waals surface area contributed by atoms with E-state index in [1.165, 1.54) is 22.9 Å². The van der Waals surface area contributed by atoms with E-state index in [1.54, 1.807) is 48.5 Å².